The number of carbonyl (C=O) groups excluding carboxylic acids is 1. The largest absolute Gasteiger partial charge is 0.384 e. The summed E-state index contributed by atoms with van der Waals surface area (Å²) in [5, 5.41) is 11.6. The van der Waals surface area contributed by atoms with E-state index in [9.17, 15) is 4.79 Å². The van der Waals surface area contributed by atoms with Gasteiger partial charge in [-0.3, -0.25) is 4.79 Å². The van der Waals surface area contributed by atoms with Gasteiger partial charge in [0.1, 0.15) is 12.3 Å². The Morgan fingerprint density at radius 3 is 2.95 bits per heavy atom. The van der Waals surface area contributed by atoms with Crippen LogP contribution in [-0.2, 0) is 6.54 Å². The highest BCUT2D eigenvalue weighted by molar-refractivity contribution is 5.94. The van der Waals surface area contributed by atoms with Crippen LogP contribution in [0.1, 0.15) is 27.2 Å². The van der Waals surface area contributed by atoms with Gasteiger partial charge >= 0.3 is 0 Å². The maximum absolute atomic E-state index is 12.2. The topological polar surface area (TPSA) is 62.2 Å². The molecule has 0 aliphatic rings. The number of hydrogen-bond donors (Lipinski definition) is 2. The molecule has 2 aromatic rings. The minimum absolute atomic E-state index is 0.251. The van der Waals surface area contributed by atoms with Crippen molar-refractivity contribution >= 4 is 5.91 Å². The van der Waals surface area contributed by atoms with E-state index >= 15 is 0 Å². The van der Waals surface area contributed by atoms with Gasteiger partial charge in [0.25, 0.3) is 5.91 Å². The number of aromatic nitrogens is 1. The van der Waals surface area contributed by atoms with E-state index in [1.54, 1.807) is 18.3 Å². The highest BCUT2D eigenvalue weighted by atomic mass is 16.2. The van der Waals surface area contributed by atoms with E-state index in [-0.39, 0.29) is 18.2 Å². The molecule has 4 nitrogen and oxygen atoms in total. The third-order valence-corrected chi connectivity index (χ3v) is 2.86. The van der Waals surface area contributed by atoms with Crippen LogP contribution in [0.25, 0.3) is 0 Å². The smallest absolute Gasteiger partial charge is 0.271 e. The summed E-state index contributed by atoms with van der Waals surface area (Å²) in [6, 6.07) is 11.3. The highest BCUT2D eigenvalue weighted by Crippen LogP contribution is 2.06. The molecule has 0 unspecified atom stereocenters. The number of hydrogen-bond acceptors (Lipinski definition) is 3. The van der Waals surface area contributed by atoms with Crippen LogP contribution >= 0.6 is 0 Å². The Kier molecular flexibility index (Phi) is 5.08. The summed E-state index contributed by atoms with van der Waals surface area (Å²) >= 11 is 0. The number of aliphatic hydroxyl groups is 1. The first-order valence-corrected chi connectivity index (χ1v) is 6.59. The lowest BCUT2D eigenvalue weighted by atomic mass is 10.1. The van der Waals surface area contributed by atoms with E-state index in [2.05, 4.69) is 22.1 Å². The molecule has 0 fully saturated rings. The fourth-order valence-corrected chi connectivity index (χ4v) is 1.91. The van der Waals surface area contributed by atoms with Crippen LogP contribution in [0.15, 0.2) is 42.6 Å². The van der Waals surface area contributed by atoms with Crippen LogP contribution < -0.4 is 5.32 Å². The van der Waals surface area contributed by atoms with Gasteiger partial charge in [0.2, 0.25) is 0 Å². The first-order valence-electron chi connectivity index (χ1n) is 6.59. The summed E-state index contributed by atoms with van der Waals surface area (Å²) in [4.78, 5) is 16.2. The minimum Gasteiger partial charge on any atom is -0.384 e. The zero-order valence-electron chi connectivity index (χ0n) is 11.8. The second kappa shape index (κ2) is 7.22. The molecule has 106 valence electrons. The van der Waals surface area contributed by atoms with E-state index in [0.717, 1.165) is 11.1 Å². The van der Waals surface area contributed by atoms with Crippen LogP contribution in [0, 0.1) is 18.8 Å². The van der Waals surface area contributed by atoms with Crippen molar-refractivity contribution in [1.29, 1.82) is 0 Å². The van der Waals surface area contributed by atoms with Crippen LogP contribution in [0.3, 0.4) is 0 Å². The van der Waals surface area contributed by atoms with Gasteiger partial charge < -0.3 is 10.4 Å². The fourth-order valence-electron chi connectivity index (χ4n) is 1.91. The Bertz CT molecular complexity index is 699. The van der Waals surface area contributed by atoms with Gasteiger partial charge in [0.05, 0.1) is 5.56 Å². The molecule has 0 spiro atoms. The Labute approximate surface area is 123 Å². The van der Waals surface area contributed by atoms with Crippen molar-refractivity contribution in [2.45, 2.75) is 13.5 Å². The van der Waals surface area contributed by atoms with Crippen LogP contribution in [0.4, 0.5) is 0 Å². The number of carbonyl (C=O) groups is 1. The average molecular weight is 280 g/mol. The summed E-state index contributed by atoms with van der Waals surface area (Å²) in [7, 11) is 0. The molecule has 0 saturated carbocycles. The molecule has 4 heteroatoms. The normalized spacial score (nSPS) is 9.62. The Morgan fingerprint density at radius 2 is 2.19 bits per heavy atom. The van der Waals surface area contributed by atoms with Crippen molar-refractivity contribution in [3.05, 3.63) is 65.0 Å². The van der Waals surface area contributed by atoms with E-state index in [1.807, 2.05) is 31.2 Å². The highest BCUT2D eigenvalue weighted by Gasteiger charge is 2.11. The van der Waals surface area contributed by atoms with Gasteiger partial charge in [-0.15, -0.1) is 0 Å². The molecule has 0 aliphatic carbocycles. The van der Waals surface area contributed by atoms with E-state index in [4.69, 9.17) is 5.11 Å². The van der Waals surface area contributed by atoms with E-state index in [1.165, 1.54) is 0 Å². The average Bonchev–Trinajstić information content (AvgIpc) is 2.51. The lowest BCUT2D eigenvalue weighted by molar-refractivity contribution is 0.0945. The molecule has 1 aromatic carbocycles. The van der Waals surface area contributed by atoms with E-state index in [0.29, 0.717) is 12.1 Å². The van der Waals surface area contributed by atoms with Crippen LogP contribution in [0.2, 0.25) is 0 Å². The number of amides is 1. The zero-order valence-corrected chi connectivity index (χ0v) is 11.8. The van der Waals surface area contributed by atoms with Crippen molar-refractivity contribution in [2.24, 2.45) is 0 Å². The molecule has 0 saturated heterocycles. The van der Waals surface area contributed by atoms with Gasteiger partial charge in [-0.05, 0) is 24.6 Å². The van der Waals surface area contributed by atoms with Gasteiger partial charge in [-0.1, -0.05) is 41.7 Å². The number of pyridine rings is 1. The molecule has 2 N–H and O–H groups in total. The Balaban J connectivity index is 2.10. The van der Waals surface area contributed by atoms with Gasteiger partial charge in [0.15, 0.2) is 0 Å². The second-order valence-electron chi connectivity index (χ2n) is 4.53. The van der Waals surface area contributed by atoms with Crippen LogP contribution in [-0.4, -0.2) is 22.6 Å². The van der Waals surface area contributed by atoms with Crippen molar-refractivity contribution < 1.29 is 9.90 Å². The Hall–Kier alpha value is -2.64. The zero-order chi connectivity index (χ0) is 15.1. The standard InChI is InChI=1S/C17H16N2O2/c1-13-5-2-6-14(11-13)12-19-17(21)16-15(8-4-10-20)7-3-9-18-16/h2-3,5-7,9,11,20H,10,12H2,1H3,(H,19,21). The predicted octanol–water partition coefficient (Wildman–Crippen LogP) is 1.66. The number of nitrogens with one attached hydrogen (secondary N) is 1. The first-order chi connectivity index (χ1) is 10.2. The predicted molar refractivity (Wildman–Crippen MR) is 80.6 cm³/mol. The molecule has 0 radical (unpaired) electrons. The molecule has 1 amide bonds. The van der Waals surface area contributed by atoms with Gasteiger partial charge in [0, 0.05) is 12.7 Å². The van der Waals surface area contributed by atoms with E-state index < -0.39 is 0 Å². The lowest BCUT2D eigenvalue weighted by Crippen LogP contribution is -2.24. The maximum Gasteiger partial charge on any atom is 0.271 e. The molecule has 21 heavy (non-hydrogen) atoms. The van der Waals surface area contributed by atoms with Crippen molar-refractivity contribution in [1.82, 2.24) is 10.3 Å². The quantitative estimate of drug-likeness (QED) is 0.841. The summed E-state index contributed by atoms with van der Waals surface area (Å²) in [6.07, 6.45) is 1.55. The third kappa shape index (κ3) is 4.16. The number of aliphatic hydroxyl groups excluding tert-OH is 1. The molecule has 0 bridgehead atoms. The molecule has 0 aliphatic heterocycles. The monoisotopic (exact) mass is 280 g/mol. The summed E-state index contributed by atoms with van der Waals surface area (Å²) in [5.41, 5.74) is 2.95. The number of nitrogens with zero attached hydrogens (tertiary/aromatic N) is 1. The van der Waals surface area contributed by atoms with Crippen molar-refractivity contribution in [3.63, 3.8) is 0 Å². The molecule has 1 heterocycles. The number of rotatable bonds is 3. The molecular formula is C17H16N2O2. The molecule has 2 rings (SSSR count). The van der Waals surface area contributed by atoms with Gasteiger partial charge in [-0.2, -0.15) is 0 Å². The molecule has 0 atom stereocenters. The van der Waals surface area contributed by atoms with Crippen LogP contribution in [0.5, 0.6) is 0 Å². The summed E-state index contributed by atoms with van der Waals surface area (Å²) in [5.74, 6) is 4.98. The Morgan fingerprint density at radius 1 is 1.33 bits per heavy atom. The maximum atomic E-state index is 12.2. The SMILES string of the molecule is Cc1cccc(CNC(=O)c2ncccc2C#CCO)c1. The summed E-state index contributed by atoms with van der Waals surface area (Å²) < 4.78 is 0. The number of benzene rings is 1. The third-order valence-electron chi connectivity index (χ3n) is 2.86. The lowest BCUT2D eigenvalue weighted by Gasteiger charge is -2.07. The molecule has 1 aromatic heterocycles. The molecular weight excluding hydrogens is 264 g/mol. The first kappa shape index (κ1) is 14.8. The summed E-state index contributed by atoms with van der Waals surface area (Å²) in [6.45, 7) is 2.19. The number of aryl methyl sites for hydroxylation is 1. The fraction of sp³-hybridized carbons (Fsp3) is 0.176. The van der Waals surface area contributed by atoms with Crippen molar-refractivity contribution in [2.75, 3.05) is 6.61 Å². The minimum atomic E-state index is -0.278. The second-order valence-corrected chi connectivity index (χ2v) is 4.53. The van der Waals surface area contributed by atoms with Gasteiger partial charge in [-0.25, -0.2) is 4.98 Å². The van der Waals surface area contributed by atoms with Crippen molar-refractivity contribution in [3.8, 4) is 11.8 Å².